The van der Waals surface area contributed by atoms with Crippen LogP contribution in [0.15, 0.2) is 24.3 Å². The molecule has 0 saturated carbocycles. The Hall–Kier alpha value is -1.42. The van der Waals surface area contributed by atoms with Crippen LogP contribution in [0.5, 0.6) is 0 Å². The Morgan fingerprint density at radius 1 is 1.32 bits per heavy atom. The molecule has 0 radical (unpaired) electrons. The SMILES string of the molecule is CC(=O)N1CCC2(CC1)CC(/C=C/C=C\C=N)CO2. The van der Waals surface area contributed by atoms with E-state index in [0.29, 0.717) is 5.92 Å². The molecule has 1 amide bonds. The predicted octanol–water partition coefficient (Wildman–Crippen LogP) is 2.17. The molecular formula is C15H22N2O2. The Bertz CT molecular complexity index is 393. The number of ether oxygens (including phenoxy) is 1. The molecule has 1 atom stereocenters. The van der Waals surface area contributed by atoms with Crippen LogP contribution in [0.2, 0.25) is 0 Å². The Balaban J connectivity index is 1.85. The fraction of sp³-hybridized carbons (Fsp3) is 0.600. The third-order valence-corrected chi connectivity index (χ3v) is 4.06. The zero-order valence-corrected chi connectivity index (χ0v) is 11.5. The maximum atomic E-state index is 11.3. The normalized spacial score (nSPS) is 26.6. The highest BCUT2D eigenvalue weighted by atomic mass is 16.5. The summed E-state index contributed by atoms with van der Waals surface area (Å²) in [4.78, 5) is 13.2. The molecule has 0 aliphatic carbocycles. The zero-order valence-electron chi connectivity index (χ0n) is 11.5. The lowest BCUT2D eigenvalue weighted by molar-refractivity contribution is -0.133. The van der Waals surface area contributed by atoms with Crippen molar-refractivity contribution in [2.75, 3.05) is 19.7 Å². The minimum absolute atomic E-state index is 0.00772. The summed E-state index contributed by atoms with van der Waals surface area (Å²) in [5, 5.41) is 6.90. The van der Waals surface area contributed by atoms with E-state index < -0.39 is 0 Å². The molecule has 1 spiro atoms. The van der Waals surface area contributed by atoms with Crippen molar-refractivity contribution < 1.29 is 9.53 Å². The number of hydrogen-bond donors (Lipinski definition) is 1. The number of allylic oxidation sites excluding steroid dienone is 3. The summed E-state index contributed by atoms with van der Waals surface area (Å²) < 4.78 is 6.02. The van der Waals surface area contributed by atoms with Crippen LogP contribution < -0.4 is 0 Å². The fourth-order valence-corrected chi connectivity index (χ4v) is 2.92. The summed E-state index contributed by atoms with van der Waals surface area (Å²) in [6.45, 7) is 4.04. The first-order valence-corrected chi connectivity index (χ1v) is 6.89. The highest BCUT2D eigenvalue weighted by molar-refractivity contribution is 5.73. The van der Waals surface area contributed by atoms with Gasteiger partial charge in [0.2, 0.25) is 5.91 Å². The number of carbonyl (C=O) groups is 1. The smallest absolute Gasteiger partial charge is 0.219 e. The van der Waals surface area contributed by atoms with Crippen molar-refractivity contribution in [2.45, 2.75) is 31.8 Å². The third kappa shape index (κ3) is 3.53. The van der Waals surface area contributed by atoms with Crippen LogP contribution in [-0.4, -0.2) is 42.3 Å². The summed E-state index contributed by atoms with van der Waals surface area (Å²) in [7, 11) is 0. The van der Waals surface area contributed by atoms with Gasteiger partial charge in [0, 0.05) is 32.1 Å². The Labute approximate surface area is 114 Å². The molecule has 1 N–H and O–H groups in total. The highest BCUT2D eigenvalue weighted by Crippen LogP contribution is 2.39. The van der Waals surface area contributed by atoms with Gasteiger partial charge in [-0.05, 0) is 25.3 Å². The van der Waals surface area contributed by atoms with Crippen molar-refractivity contribution >= 4 is 12.1 Å². The van der Waals surface area contributed by atoms with Gasteiger partial charge in [0.1, 0.15) is 0 Å². The lowest BCUT2D eigenvalue weighted by Crippen LogP contribution is -2.45. The second kappa shape index (κ2) is 6.15. The summed E-state index contributed by atoms with van der Waals surface area (Å²) in [5.41, 5.74) is -0.00772. The average molecular weight is 262 g/mol. The number of amides is 1. The van der Waals surface area contributed by atoms with Crippen molar-refractivity contribution in [1.82, 2.24) is 4.90 Å². The van der Waals surface area contributed by atoms with E-state index in [1.807, 2.05) is 17.1 Å². The van der Waals surface area contributed by atoms with E-state index in [-0.39, 0.29) is 11.5 Å². The van der Waals surface area contributed by atoms with Crippen LogP contribution >= 0.6 is 0 Å². The standard InChI is InChI=1S/C15H22N2O2/c1-13(18)17-9-6-15(7-10-17)11-14(12-19-15)5-3-2-4-8-16/h2-5,8,14,16H,6-7,9-12H2,1H3/b4-2-,5-3+,16-8?. The summed E-state index contributed by atoms with van der Waals surface area (Å²) in [5.74, 6) is 0.625. The lowest BCUT2D eigenvalue weighted by Gasteiger charge is -2.38. The van der Waals surface area contributed by atoms with Gasteiger partial charge in [-0.1, -0.05) is 18.2 Å². The maximum Gasteiger partial charge on any atom is 0.219 e. The molecule has 2 aliphatic rings. The highest BCUT2D eigenvalue weighted by Gasteiger charge is 2.42. The van der Waals surface area contributed by atoms with Crippen LogP contribution in [0.4, 0.5) is 0 Å². The molecule has 0 aromatic rings. The molecule has 0 aromatic carbocycles. The summed E-state index contributed by atoms with van der Waals surface area (Å²) >= 11 is 0. The lowest BCUT2D eigenvalue weighted by atomic mass is 9.85. The topological polar surface area (TPSA) is 53.4 Å². The van der Waals surface area contributed by atoms with E-state index in [2.05, 4.69) is 6.08 Å². The molecule has 19 heavy (non-hydrogen) atoms. The average Bonchev–Trinajstić information content (AvgIpc) is 2.78. The second-order valence-electron chi connectivity index (χ2n) is 5.40. The molecule has 0 bridgehead atoms. The molecule has 2 saturated heterocycles. The van der Waals surface area contributed by atoms with Crippen molar-refractivity contribution in [2.24, 2.45) is 5.92 Å². The van der Waals surface area contributed by atoms with E-state index >= 15 is 0 Å². The first kappa shape index (κ1) is 14.0. The van der Waals surface area contributed by atoms with Gasteiger partial charge < -0.3 is 15.0 Å². The molecule has 1 unspecified atom stereocenters. The number of hydrogen-bond acceptors (Lipinski definition) is 3. The second-order valence-corrected chi connectivity index (χ2v) is 5.40. The van der Waals surface area contributed by atoms with E-state index in [0.717, 1.165) is 39.0 Å². The first-order chi connectivity index (χ1) is 9.15. The van der Waals surface area contributed by atoms with Crippen molar-refractivity contribution in [1.29, 1.82) is 5.41 Å². The minimum atomic E-state index is -0.00772. The number of nitrogens with zero attached hydrogens (tertiary/aromatic N) is 1. The van der Waals surface area contributed by atoms with Crippen LogP contribution in [0, 0.1) is 11.3 Å². The van der Waals surface area contributed by atoms with Crippen molar-refractivity contribution in [3.05, 3.63) is 24.3 Å². The van der Waals surface area contributed by atoms with Gasteiger partial charge in [0.05, 0.1) is 12.2 Å². The Morgan fingerprint density at radius 2 is 2.05 bits per heavy atom. The fourth-order valence-electron chi connectivity index (χ4n) is 2.92. The van der Waals surface area contributed by atoms with Gasteiger partial charge in [0.15, 0.2) is 0 Å². The third-order valence-electron chi connectivity index (χ3n) is 4.06. The molecule has 2 aliphatic heterocycles. The van der Waals surface area contributed by atoms with E-state index in [1.54, 1.807) is 13.0 Å². The summed E-state index contributed by atoms with van der Waals surface area (Å²) in [6.07, 6.45) is 11.9. The van der Waals surface area contributed by atoms with Crippen molar-refractivity contribution in [3.63, 3.8) is 0 Å². The van der Waals surface area contributed by atoms with Crippen LogP contribution in [0.25, 0.3) is 0 Å². The maximum absolute atomic E-state index is 11.3. The number of rotatable bonds is 3. The minimum Gasteiger partial charge on any atom is -0.374 e. The van der Waals surface area contributed by atoms with Crippen LogP contribution in [-0.2, 0) is 9.53 Å². The van der Waals surface area contributed by atoms with Crippen molar-refractivity contribution in [3.8, 4) is 0 Å². The van der Waals surface area contributed by atoms with Crippen LogP contribution in [0.1, 0.15) is 26.2 Å². The number of piperidine rings is 1. The number of likely N-dealkylation sites (tertiary alicyclic amines) is 1. The van der Waals surface area contributed by atoms with E-state index in [9.17, 15) is 4.79 Å². The van der Waals surface area contributed by atoms with Gasteiger partial charge in [0.25, 0.3) is 0 Å². The molecule has 4 nitrogen and oxygen atoms in total. The number of carbonyl (C=O) groups excluding carboxylic acids is 1. The Morgan fingerprint density at radius 3 is 2.68 bits per heavy atom. The Kier molecular flexibility index (Phi) is 4.53. The van der Waals surface area contributed by atoms with E-state index in [4.69, 9.17) is 10.1 Å². The van der Waals surface area contributed by atoms with Gasteiger partial charge >= 0.3 is 0 Å². The first-order valence-electron chi connectivity index (χ1n) is 6.89. The predicted molar refractivity (Wildman–Crippen MR) is 75.3 cm³/mol. The molecule has 2 rings (SSSR count). The summed E-state index contributed by atoms with van der Waals surface area (Å²) in [6, 6.07) is 0. The van der Waals surface area contributed by atoms with Gasteiger partial charge in [-0.3, -0.25) is 4.79 Å². The molecule has 104 valence electrons. The molecule has 2 heterocycles. The molecule has 0 aromatic heterocycles. The van der Waals surface area contributed by atoms with Gasteiger partial charge in [-0.25, -0.2) is 0 Å². The van der Waals surface area contributed by atoms with Crippen LogP contribution in [0.3, 0.4) is 0 Å². The molecular weight excluding hydrogens is 240 g/mol. The monoisotopic (exact) mass is 262 g/mol. The van der Waals surface area contributed by atoms with E-state index in [1.165, 1.54) is 6.21 Å². The molecule has 4 heteroatoms. The zero-order chi connectivity index (χ0) is 13.7. The van der Waals surface area contributed by atoms with Gasteiger partial charge in [-0.15, -0.1) is 0 Å². The number of nitrogens with one attached hydrogen (secondary N) is 1. The largest absolute Gasteiger partial charge is 0.374 e. The van der Waals surface area contributed by atoms with Gasteiger partial charge in [-0.2, -0.15) is 0 Å². The molecule has 2 fully saturated rings. The quantitative estimate of drug-likeness (QED) is 0.626.